The number of hydrogen-bond acceptors (Lipinski definition) is 2. The maximum absolute atomic E-state index is 12.4. The number of hydrogen-bond donors (Lipinski definition) is 0. The number of ether oxygens (including phenoxy) is 2. The lowest BCUT2D eigenvalue weighted by Crippen LogP contribution is -2.07. The van der Waals surface area contributed by atoms with E-state index in [9.17, 15) is 8.78 Å². The van der Waals surface area contributed by atoms with E-state index in [0.29, 0.717) is 18.8 Å². The standard InChI is InChI=1S/C12H15BrF2O2/c1-2-16-10-7-3-5-9(6-4-8-13)11(10)17-12(14)15/h3,5,7,12H,2,4,6,8H2,1H3. The molecule has 0 N–H and O–H groups in total. The molecule has 0 atom stereocenters. The van der Waals surface area contributed by atoms with Crippen molar-refractivity contribution in [2.75, 3.05) is 11.9 Å². The summed E-state index contributed by atoms with van der Waals surface area (Å²) >= 11 is 3.31. The number of alkyl halides is 3. The van der Waals surface area contributed by atoms with E-state index in [0.717, 1.165) is 17.3 Å². The van der Waals surface area contributed by atoms with Gasteiger partial charge in [0.15, 0.2) is 11.5 Å². The molecule has 0 spiro atoms. The fourth-order valence-corrected chi connectivity index (χ4v) is 1.79. The highest BCUT2D eigenvalue weighted by Crippen LogP contribution is 2.33. The lowest BCUT2D eigenvalue weighted by molar-refractivity contribution is -0.0520. The zero-order valence-corrected chi connectivity index (χ0v) is 11.2. The van der Waals surface area contributed by atoms with Crippen LogP contribution in [0.25, 0.3) is 0 Å². The second kappa shape index (κ2) is 7.48. The van der Waals surface area contributed by atoms with Crippen LogP contribution in [0.3, 0.4) is 0 Å². The van der Waals surface area contributed by atoms with E-state index in [1.165, 1.54) is 0 Å². The third-order valence-electron chi connectivity index (χ3n) is 2.15. The minimum atomic E-state index is -2.83. The smallest absolute Gasteiger partial charge is 0.387 e. The molecule has 0 fully saturated rings. The number of benzene rings is 1. The minimum absolute atomic E-state index is 0.158. The van der Waals surface area contributed by atoms with Gasteiger partial charge >= 0.3 is 6.61 Å². The number of aryl methyl sites for hydroxylation is 1. The van der Waals surface area contributed by atoms with Crippen LogP contribution in [0.2, 0.25) is 0 Å². The first-order valence-electron chi connectivity index (χ1n) is 5.44. The van der Waals surface area contributed by atoms with E-state index in [4.69, 9.17) is 4.74 Å². The van der Waals surface area contributed by atoms with Crippen molar-refractivity contribution in [3.05, 3.63) is 23.8 Å². The molecule has 0 amide bonds. The van der Waals surface area contributed by atoms with Crippen molar-refractivity contribution >= 4 is 15.9 Å². The Morgan fingerprint density at radius 2 is 2.12 bits per heavy atom. The van der Waals surface area contributed by atoms with E-state index < -0.39 is 6.61 Å². The molecule has 5 heteroatoms. The largest absolute Gasteiger partial charge is 0.490 e. The maximum Gasteiger partial charge on any atom is 0.387 e. The summed E-state index contributed by atoms with van der Waals surface area (Å²) in [7, 11) is 0. The summed E-state index contributed by atoms with van der Waals surface area (Å²) in [6.07, 6.45) is 1.53. The molecule has 17 heavy (non-hydrogen) atoms. The van der Waals surface area contributed by atoms with Crippen LogP contribution in [0, 0.1) is 0 Å². The van der Waals surface area contributed by atoms with Crippen molar-refractivity contribution in [2.24, 2.45) is 0 Å². The Morgan fingerprint density at radius 1 is 1.35 bits per heavy atom. The molecule has 0 heterocycles. The fraction of sp³-hybridized carbons (Fsp3) is 0.500. The van der Waals surface area contributed by atoms with Gasteiger partial charge in [0, 0.05) is 5.33 Å². The van der Waals surface area contributed by atoms with Gasteiger partial charge in [0.05, 0.1) is 6.61 Å². The molecule has 1 aromatic carbocycles. The van der Waals surface area contributed by atoms with Gasteiger partial charge in [-0.05, 0) is 31.4 Å². The van der Waals surface area contributed by atoms with Gasteiger partial charge in [-0.15, -0.1) is 0 Å². The number of rotatable bonds is 7. The van der Waals surface area contributed by atoms with Crippen molar-refractivity contribution in [3.63, 3.8) is 0 Å². The van der Waals surface area contributed by atoms with Gasteiger partial charge < -0.3 is 9.47 Å². The molecule has 0 aliphatic rings. The van der Waals surface area contributed by atoms with Crippen LogP contribution in [0.1, 0.15) is 18.9 Å². The van der Waals surface area contributed by atoms with Crippen LogP contribution in [-0.4, -0.2) is 18.5 Å². The topological polar surface area (TPSA) is 18.5 Å². The lowest BCUT2D eigenvalue weighted by atomic mass is 10.1. The SMILES string of the molecule is CCOc1cccc(CCCBr)c1OC(F)F. The quantitative estimate of drug-likeness (QED) is 0.708. The summed E-state index contributed by atoms with van der Waals surface area (Å²) in [4.78, 5) is 0. The first-order valence-corrected chi connectivity index (χ1v) is 6.56. The van der Waals surface area contributed by atoms with E-state index in [2.05, 4.69) is 20.7 Å². The van der Waals surface area contributed by atoms with Crippen LogP contribution in [-0.2, 0) is 6.42 Å². The first kappa shape index (κ1) is 14.2. The molecule has 0 aliphatic heterocycles. The monoisotopic (exact) mass is 308 g/mol. The summed E-state index contributed by atoms with van der Waals surface area (Å²) in [6.45, 7) is -0.613. The van der Waals surface area contributed by atoms with Crippen LogP contribution in [0.15, 0.2) is 18.2 Å². The fourth-order valence-electron chi connectivity index (χ4n) is 1.51. The predicted molar refractivity (Wildman–Crippen MR) is 66.4 cm³/mol. The van der Waals surface area contributed by atoms with Gasteiger partial charge in [-0.1, -0.05) is 28.1 Å². The Labute approximate surface area is 108 Å². The van der Waals surface area contributed by atoms with Crippen LogP contribution < -0.4 is 9.47 Å². The second-order valence-corrected chi connectivity index (χ2v) is 4.14. The summed E-state index contributed by atoms with van der Waals surface area (Å²) in [5, 5.41) is 0.819. The van der Waals surface area contributed by atoms with Crippen LogP contribution in [0.5, 0.6) is 11.5 Å². The van der Waals surface area contributed by atoms with E-state index in [1.54, 1.807) is 25.1 Å². The average Bonchev–Trinajstić information content (AvgIpc) is 2.29. The third-order valence-corrected chi connectivity index (χ3v) is 2.71. The molecule has 0 bridgehead atoms. The minimum Gasteiger partial charge on any atom is -0.490 e. The predicted octanol–water partition coefficient (Wildman–Crippen LogP) is 4.01. The Hall–Kier alpha value is -0.840. The van der Waals surface area contributed by atoms with Crippen LogP contribution in [0.4, 0.5) is 8.78 Å². The van der Waals surface area contributed by atoms with Gasteiger partial charge in [-0.3, -0.25) is 0 Å². The summed E-state index contributed by atoms with van der Waals surface area (Å²) in [5.74, 6) is 0.533. The number of para-hydroxylation sites is 1. The molecule has 0 saturated carbocycles. The Bertz CT molecular complexity index is 345. The van der Waals surface area contributed by atoms with Crippen molar-refractivity contribution < 1.29 is 18.3 Å². The molecular weight excluding hydrogens is 294 g/mol. The molecule has 2 nitrogen and oxygen atoms in total. The number of halogens is 3. The Morgan fingerprint density at radius 3 is 2.71 bits per heavy atom. The molecule has 0 aliphatic carbocycles. The van der Waals surface area contributed by atoms with Crippen LogP contribution >= 0.6 is 15.9 Å². The summed E-state index contributed by atoms with van der Waals surface area (Å²) in [5.41, 5.74) is 0.746. The Kier molecular flexibility index (Phi) is 6.26. The summed E-state index contributed by atoms with van der Waals surface area (Å²) in [6, 6.07) is 5.20. The molecule has 1 rings (SSSR count). The third kappa shape index (κ3) is 4.50. The van der Waals surface area contributed by atoms with E-state index in [1.807, 2.05) is 0 Å². The van der Waals surface area contributed by atoms with Crippen molar-refractivity contribution in [3.8, 4) is 11.5 Å². The van der Waals surface area contributed by atoms with E-state index in [-0.39, 0.29) is 5.75 Å². The van der Waals surface area contributed by atoms with Gasteiger partial charge in [0.2, 0.25) is 0 Å². The van der Waals surface area contributed by atoms with Crippen molar-refractivity contribution in [1.82, 2.24) is 0 Å². The molecule has 0 radical (unpaired) electrons. The molecular formula is C12H15BrF2O2. The molecule has 96 valence electrons. The highest BCUT2D eigenvalue weighted by atomic mass is 79.9. The summed E-state index contributed by atoms with van der Waals surface area (Å²) < 4.78 is 34.6. The zero-order valence-electron chi connectivity index (χ0n) is 9.59. The van der Waals surface area contributed by atoms with Gasteiger partial charge in [-0.2, -0.15) is 8.78 Å². The van der Waals surface area contributed by atoms with Gasteiger partial charge in [-0.25, -0.2) is 0 Å². The van der Waals surface area contributed by atoms with Crippen molar-refractivity contribution in [1.29, 1.82) is 0 Å². The zero-order chi connectivity index (χ0) is 12.7. The molecule has 0 aromatic heterocycles. The molecule has 1 aromatic rings. The average molecular weight is 309 g/mol. The van der Waals surface area contributed by atoms with E-state index >= 15 is 0 Å². The van der Waals surface area contributed by atoms with Gasteiger partial charge in [0.1, 0.15) is 0 Å². The highest BCUT2D eigenvalue weighted by Gasteiger charge is 2.15. The first-order chi connectivity index (χ1) is 8.19. The molecule has 0 unspecified atom stereocenters. The normalized spacial score (nSPS) is 10.6. The molecule has 0 saturated heterocycles. The van der Waals surface area contributed by atoms with Gasteiger partial charge in [0.25, 0.3) is 0 Å². The highest BCUT2D eigenvalue weighted by molar-refractivity contribution is 9.09. The van der Waals surface area contributed by atoms with Crippen molar-refractivity contribution in [2.45, 2.75) is 26.4 Å². The maximum atomic E-state index is 12.4. The Balaban J connectivity index is 2.96. The second-order valence-electron chi connectivity index (χ2n) is 3.35. The lowest BCUT2D eigenvalue weighted by Gasteiger charge is -2.15.